The number of nitrogens with one attached hydrogen (secondary N) is 1. The van der Waals surface area contributed by atoms with Gasteiger partial charge < -0.3 is 20.5 Å². The highest BCUT2D eigenvalue weighted by Crippen LogP contribution is 2.46. The summed E-state index contributed by atoms with van der Waals surface area (Å²) in [6, 6.07) is 16.5. The monoisotopic (exact) mass is 519 g/mol. The molecular formula is C26H19F2N5O5. The number of Topliss-reactive ketones (excluding diaryl/α,β-unsaturated/α-hetero) is 1. The molecule has 1 atom stereocenters. The quantitative estimate of drug-likeness (QED) is 0.341. The number of nitrogens with two attached hydrogens (primary N) is 1. The summed E-state index contributed by atoms with van der Waals surface area (Å²) in [7, 11) is 0. The van der Waals surface area contributed by atoms with Crippen molar-refractivity contribution < 1.29 is 32.6 Å². The first-order valence-corrected chi connectivity index (χ1v) is 11.3. The number of hydrogen-bond acceptors (Lipinski definition) is 7. The molecule has 12 heteroatoms. The van der Waals surface area contributed by atoms with Crippen molar-refractivity contribution in [2.45, 2.75) is 18.8 Å². The summed E-state index contributed by atoms with van der Waals surface area (Å²) >= 11 is 0. The molecular weight excluding hydrogens is 500 g/mol. The Kier molecular flexibility index (Phi) is 6.29. The van der Waals surface area contributed by atoms with Crippen LogP contribution >= 0.6 is 0 Å². The minimum absolute atomic E-state index is 0.0433. The minimum atomic E-state index is -3.80. The summed E-state index contributed by atoms with van der Waals surface area (Å²) in [4.78, 5) is 41.6. The molecule has 0 fully saturated rings. The smallest absolute Gasteiger partial charge is 0.395 e. The number of pyridine rings is 1. The summed E-state index contributed by atoms with van der Waals surface area (Å²) in [5.41, 5.74) is 6.46. The van der Waals surface area contributed by atoms with Gasteiger partial charge in [0.15, 0.2) is 17.3 Å². The molecule has 38 heavy (non-hydrogen) atoms. The lowest BCUT2D eigenvalue weighted by atomic mass is 10.0. The van der Waals surface area contributed by atoms with E-state index in [4.69, 9.17) is 5.73 Å². The Morgan fingerprint density at radius 3 is 2.55 bits per heavy atom. The molecule has 0 spiro atoms. The summed E-state index contributed by atoms with van der Waals surface area (Å²) in [6.45, 7) is 0. The van der Waals surface area contributed by atoms with E-state index >= 15 is 0 Å². The second-order valence-electron chi connectivity index (χ2n) is 8.26. The standard InChI is InChI=1S/C26H19F2N5O5/c27-26(28)37-20-10-4-8-16(22(20)38-26)18-11-13-33(32-18)24-17(9-5-12-30-24)25(36)31-19(21(34)23(29)35)14-15-6-2-1-3-7-15/h1-13,19H,14H2,(H2,29,35)(H,31,36). The van der Waals surface area contributed by atoms with Crippen molar-refractivity contribution >= 4 is 17.6 Å². The van der Waals surface area contributed by atoms with Crippen LogP contribution in [-0.4, -0.2) is 44.7 Å². The number of fused-ring (bicyclic) bond motifs is 1. The van der Waals surface area contributed by atoms with E-state index in [0.29, 0.717) is 5.56 Å². The van der Waals surface area contributed by atoms with Crippen LogP contribution in [-0.2, 0) is 16.0 Å². The van der Waals surface area contributed by atoms with Crippen molar-refractivity contribution in [3.63, 3.8) is 0 Å². The third kappa shape index (κ3) is 4.91. The largest absolute Gasteiger partial charge is 0.586 e. The second kappa shape index (κ2) is 9.73. The van der Waals surface area contributed by atoms with Gasteiger partial charge in [0.25, 0.3) is 11.8 Å². The van der Waals surface area contributed by atoms with E-state index in [1.807, 2.05) is 0 Å². The molecule has 2 amide bonds. The van der Waals surface area contributed by atoms with Gasteiger partial charge in [-0.3, -0.25) is 14.4 Å². The van der Waals surface area contributed by atoms with Crippen LogP contribution in [0.3, 0.4) is 0 Å². The number of nitrogens with zero attached hydrogens (tertiary/aromatic N) is 3. The van der Waals surface area contributed by atoms with Crippen LogP contribution in [0, 0.1) is 0 Å². The number of aromatic nitrogens is 3. The van der Waals surface area contributed by atoms with Gasteiger partial charge in [0.05, 0.1) is 11.3 Å². The molecule has 10 nitrogen and oxygen atoms in total. The zero-order valence-electron chi connectivity index (χ0n) is 19.5. The number of carbonyl (C=O) groups is 3. The number of primary amides is 1. The molecule has 0 saturated heterocycles. The first kappa shape index (κ1) is 24.6. The van der Waals surface area contributed by atoms with Crippen molar-refractivity contribution in [3.8, 4) is 28.6 Å². The molecule has 192 valence electrons. The van der Waals surface area contributed by atoms with Gasteiger partial charge in [-0.1, -0.05) is 36.4 Å². The van der Waals surface area contributed by atoms with Gasteiger partial charge in [0, 0.05) is 24.4 Å². The molecule has 1 aliphatic rings. The Bertz CT molecular complexity index is 1540. The van der Waals surface area contributed by atoms with Crippen molar-refractivity contribution in [2.75, 3.05) is 0 Å². The number of hydrogen-bond donors (Lipinski definition) is 2. The molecule has 0 aliphatic carbocycles. The number of ether oxygens (including phenoxy) is 2. The maximum absolute atomic E-state index is 13.6. The van der Waals surface area contributed by atoms with Crippen LogP contribution in [0.25, 0.3) is 17.1 Å². The molecule has 5 rings (SSSR count). The Balaban J connectivity index is 1.43. The fraction of sp³-hybridized carbons (Fsp3) is 0.115. The number of amides is 2. The van der Waals surface area contributed by atoms with Crippen LogP contribution in [0.15, 0.2) is 79.1 Å². The van der Waals surface area contributed by atoms with Gasteiger partial charge in [-0.05, 0) is 35.9 Å². The highest BCUT2D eigenvalue weighted by Gasteiger charge is 2.44. The Hall–Kier alpha value is -5.13. The van der Waals surface area contributed by atoms with E-state index in [1.54, 1.807) is 30.3 Å². The number of ketones is 1. The molecule has 3 N–H and O–H groups in total. The predicted molar refractivity (Wildman–Crippen MR) is 129 cm³/mol. The second-order valence-corrected chi connectivity index (χ2v) is 8.26. The minimum Gasteiger partial charge on any atom is -0.395 e. The van der Waals surface area contributed by atoms with Crippen molar-refractivity contribution in [3.05, 3.63) is 90.3 Å². The molecule has 2 aromatic heterocycles. The highest BCUT2D eigenvalue weighted by atomic mass is 19.3. The lowest BCUT2D eigenvalue weighted by molar-refractivity contribution is -0.286. The average molecular weight is 519 g/mol. The Labute approximate surface area is 214 Å². The lowest BCUT2D eigenvalue weighted by Gasteiger charge is -2.17. The molecule has 0 saturated carbocycles. The fourth-order valence-corrected chi connectivity index (χ4v) is 3.98. The highest BCUT2D eigenvalue weighted by molar-refractivity contribution is 6.38. The van der Waals surface area contributed by atoms with Crippen LogP contribution in [0.1, 0.15) is 15.9 Å². The maximum atomic E-state index is 13.6. The van der Waals surface area contributed by atoms with Crippen LogP contribution in [0.5, 0.6) is 11.5 Å². The lowest BCUT2D eigenvalue weighted by Crippen LogP contribution is -2.47. The molecule has 0 bridgehead atoms. The average Bonchev–Trinajstić information content (AvgIpc) is 3.51. The SMILES string of the molecule is NC(=O)C(=O)C(Cc1ccccc1)NC(=O)c1cccnc1-n1ccc(-c2cccc3c2OC(F)(F)O3)n1. The number of benzene rings is 2. The number of carbonyl (C=O) groups excluding carboxylic acids is 3. The molecule has 0 radical (unpaired) electrons. The van der Waals surface area contributed by atoms with Gasteiger partial charge in [-0.25, -0.2) is 9.67 Å². The topological polar surface area (TPSA) is 138 Å². The third-order valence-electron chi connectivity index (χ3n) is 5.69. The zero-order chi connectivity index (χ0) is 26.9. The normalized spacial score (nSPS) is 14.1. The van der Waals surface area contributed by atoms with Crippen molar-refractivity contribution in [1.29, 1.82) is 0 Å². The molecule has 4 aromatic rings. The zero-order valence-corrected chi connectivity index (χ0v) is 19.5. The van der Waals surface area contributed by atoms with E-state index in [2.05, 4.69) is 24.9 Å². The predicted octanol–water partition coefficient (Wildman–Crippen LogP) is 2.65. The van der Waals surface area contributed by atoms with Gasteiger partial charge in [-0.15, -0.1) is 8.78 Å². The first-order valence-electron chi connectivity index (χ1n) is 11.3. The van der Waals surface area contributed by atoms with Crippen LogP contribution in [0.2, 0.25) is 0 Å². The van der Waals surface area contributed by atoms with Gasteiger partial charge in [0.1, 0.15) is 6.04 Å². The van der Waals surface area contributed by atoms with Gasteiger partial charge in [0.2, 0.25) is 5.78 Å². The number of alkyl halides is 2. The number of rotatable bonds is 8. The summed E-state index contributed by atoms with van der Waals surface area (Å²) < 4.78 is 37.6. The number of para-hydroxylation sites is 1. The summed E-state index contributed by atoms with van der Waals surface area (Å²) in [6.07, 6.45) is -0.841. The summed E-state index contributed by atoms with van der Waals surface area (Å²) in [5.74, 6) is -3.04. The van der Waals surface area contributed by atoms with E-state index in [0.717, 1.165) is 0 Å². The van der Waals surface area contributed by atoms with Crippen LogP contribution < -0.4 is 20.5 Å². The molecule has 2 aromatic carbocycles. The van der Waals surface area contributed by atoms with Crippen molar-refractivity contribution in [1.82, 2.24) is 20.1 Å². The molecule has 3 heterocycles. The van der Waals surface area contributed by atoms with Crippen LogP contribution in [0.4, 0.5) is 8.78 Å². The molecule has 1 aliphatic heterocycles. The molecule has 1 unspecified atom stereocenters. The van der Waals surface area contributed by atoms with Gasteiger partial charge >= 0.3 is 6.29 Å². The maximum Gasteiger partial charge on any atom is 0.586 e. The first-order chi connectivity index (χ1) is 18.2. The van der Waals surface area contributed by atoms with E-state index in [1.165, 1.54) is 53.5 Å². The Morgan fingerprint density at radius 1 is 1.00 bits per heavy atom. The number of halogens is 2. The van der Waals surface area contributed by atoms with Gasteiger partial charge in [-0.2, -0.15) is 5.10 Å². The van der Waals surface area contributed by atoms with E-state index < -0.39 is 29.9 Å². The van der Waals surface area contributed by atoms with Crippen molar-refractivity contribution in [2.24, 2.45) is 5.73 Å². The fourth-order valence-electron chi connectivity index (χ4n) is 3.98. The Morgan fingerprint density at radius 2 is 1.79 bits per heavy atom. The van der Waals surface area contributed by atoms with E-state index in [-0.39, 0.29) is 40.6 Å². The van der Waals surface area contributed by atoms with E-state index in [9.17, 15) is 23.2 Å². The summed E-state index contributed by atoms with van der Waals surface area (Å²) in [5, 5.41) is 6.95. The third-order valence-corrected chi connectivity index (χ3v) is 5.69.